The number of likely N-dealkylation sites (tertiary alicyclic amines) is 1. The standard InChI is InChI=1S/C29H33N3O5S/c1-21-9-14-26-27(17-21)37-28(20-32(26)38(34,35)25-12-10-24(36-2)11-13-25)29(33)30-18-22-7-3-4-8-23(22)19-31-15-5-6-16-31/h3-4,7-14,17,28H,5-6,15-16,18-20H2,1-2H3,(H,30,33)/t28-/m1/s1. The third-order valence-corrected chi connectivity index (χ3v) is 8.88. The third-order valence-electron chi connectivity index (χ3n) is 7.09. The summed E-state index contributed by atoms with van der Waals surface area (Å²) in [5, 5.41) is 2.99. The molecule has 1 saturated heterocycles. The molecule has 0 spiro atoms. The molecule has 0 saturated carbocycles. The van der Waals surface area contributed by atoms with Crippen molar-refractivity contribution in [3.05, 3.63) is 83.4 Å². The molecule has 5 rings (SSSR count). The molecular weight excluding hydrogens is 502 g/mol. The monoisotopic (exact) mass is 535 g/mol. The molecule has 0 radical (unpaired) electrons. The number of hydrogen-bond donors (Lipinski definition) is 1. The summed E-state index contributed by atoms with van der Waals surface area (Å²) in [6, 6.07) is 19.6. The highest BCUT2D eigenvalue weighted by molar-refractivity contribution is 7.92. The van der Waals surface area contributed by atoms with Crippen molar-refractivity contribution < 1.29 is 22.7 Å². The normalized spacial score (nSPS) is 17.5. The lowest BCUT2D eigenvalue weighted by atomic mass is 10.1. The molecule has 3 aromatic rings. The second kappa shape index (κ2) is 11.0. The Balaban J connectivity index is 1.36. The van der Waals surface area contributed by atoms with Crippen LogP contribution >= 0.6 is 0 Å². The number of nitrogens with one attached hydrogen (secondary N) is 1. The molecule has 0 unspecified atom stereocenters. The maximum Gasteiger partial charge on any atom is 0.264 e. The SMILES string of the molecule is COc1ccc(S(=O)(=O)N2C[C@H](C(=O)NCc3ccccc3CN3CCCC3)Oc3cc(C)ccc32)cc1. The second-order valence-corrected chi connectivity index (χ2v) is 11.6. The molecule has 2 heterocycles. The zero-order valence-corrected chi connectivity index (χ0v) is 22.5. The van der Waals surface area contributed by atoms with Crippen molar-refractivity contribution in [1.82, 2.24) is 10.2 Å². The number of carbonyl (C=O) groups excluding carboxylic acids is 1. The highest BCUT2D eigenvalue weighted by atomic mass is 32.2. The van der Waals surface area contributed by atoms with E-state index in [4.69, 9.17) is 9.47 Å². The van der Waals surface area contributed by atoms with Gasteiger partial charge in [-0.15, -0.1) is 0 Å². The molecular formula is C29H33N3O5S. The molecule has 1 amide bonds. The summed E-state index contributed by atoms with van der Waals surface area (Å²) < 4.78 is 39.9. The number of sulfonamides is 1. The van der Waals surface area contributed by atoms with Crippen molar-refractivity contribution in [3.63, 3.8) is 0 Å². The van der Waals surface area contributed by atoms with E-state index >= 15 is 0 Å². The van der Waals surface area contributed by atoms with Gasteiger partial charge in [0.25, 0.3) is 15.9 Å². The predicted molar refractivity (Wildman–Crippen MR) is 146 cm³/mol. The summed E-state index contributed by atoms with van der Waals surface area (Å²) in [6.07, 6.45) is 1.44. The first-order chi connectivity index (χ1) is 18.3. The zero-order chi connectivity index (χ0) is 26.7. The number of aryl methyl sites for hydroxylation is 1. The van der Waals surface area contributed by atoms with Crippen molar-refractivity contribution in [2.75, 3.05) is 31.0 Å². The molecule has 0 bridgehead atoms. The van der Waals surface area contributed by atoms with Gasteiger partial charge in [-0.05, 0) is 85.9 Å². The number of amides is 1. The van der Waals surface area contributed by atoms with Gasteiger partial charge in [0.05, 0.1) is 24.2 Å². The number of anilines is 1. The Labute approximate surface area is 224 Å². The number of fused-ring (bicyclic) bond motifs is 1. The molecule has 1 N–H and O–H groups in total. The van der Waals surface area contributed by atoms with Gasteiger partial charge in [-0.25, -0.2) is 8.42 Å². The number of methoxy groups -OCH3 is 1. The first-order valence-corrected chi connectivity index (χ1v) is 14.3. The number of rotatable bonds is 8. The van der Waals surface area contributed by atoms with E-state index in [0.717, 1.165) is 30.8 Å². The van der Waals surface area contributed by atoms with Gasteiger partial charge in [-0.3, -0.25) is 14.0 Å². The molecule has 1 atom stereocenters. The van der Waals surface area contributed by atoms with Crippen LogP contribution in [-0.4, -0.2) is 52.1 Å². The Morgan fingerprint density at radius 1 is 1.03 bits per heavy atom. The van der Waals surface area contributed by atoms with Crippen LogP contribution in [0.1, 0.15) is 29.5 Å². The molecule has 2 aliphatic rings. The third kappa shape index (κ3) is 5.49. The Bertz CT molecular complexity index is 1400. The van der Waals surface area contributed by atoms with Crippen LogP contribution in [0.5, 0.6) is 11.5 Å². The van der Waals surface area contributed by atoms with Gasteiger partial charge in [-0.2, -0.15) is 0 Å². The van der Waals surface area contributed by atoms with E-state index in [2.05, 4.69) is 16.3 Å². The molecule has 9 heteroatoms. The van der Waals surface area contributed by atoms with Gasteiger partial charge >= 0.3 is 0 Å². The van der Waals surface area contributed by atoms with E-state index in [0.29, 0.717) is 23.7 Å². The van der Waals surface area contributed by atoms with Gasteiger partial charge in [0, 0.05) is 13.1 Å². The summed E-state index contributed by atoms with van der Waals surface area (Å²) in [6.45, 7) is 5.14. The lowest BCUT2D eigenvalue weighted by molar-refractivity contribution is -0.127. The van der Waals surface area contributed by atoms with Crippen LogP contribution in [-0.2, 0) is 27.9 Å². The highest BCUT2D eigenvalue weighted by Gasteiger charge is 2.37. The van der Waals surface area contributed by atoms with E-state index in [1.165, 1.54) is 42.0 Å². The number of ether oxygens (including phenoxy) is 2. The topological polar surface area (TPSA) is 88.2 Å². The fourth-order valence-electron chi connectivity index (χ4n) is 4.96. The predicted octanol–water partition coefficient (Wildman–Crippen LogP) is 3.87. The molecule has 0 aromatic heterocycles. The van der Waals surface area contributed by atoms with Gasteiger partial charge in [0.15, 0.2) is 6.10 Å². The smallest absolute Gasteiger partial charge is 0.264 e. The minimum Gasteiger partial charge on any atom is -0.497 e. The summed E-state index contributed by atoms with van der Waals surface area (Å²) in [5.41, 5.74) is 3.54. The van der Waals surface area contributed by atoms with E-state index < -0.39 is 16.1 Å². The van der Waals surface area contributed by atoms with Crippen LogP contribution in [0.2, 0.25) is 0 Å². The van der Waals surface area contributed by atoms with Crippen molar-refractivity contribution in [3.8, 4) is 11.5 Å². The van der Waals surface area contributed by atoms with Crippen LogP contribution < -0.4 is 19.1 Å². The number of nitrogens with zero attached hydrogens (tertiary/aromatic N) is 2. The average molecular weight is 536 g/mol. The molecule has 200 valence electrons. The number of carbonyl (C=O) groups is 1. The van der Waals surface area contributed by atoms with Crippen LogP contribution in [0.25, 0.3) is 0 Å². The Kier molecular flexibility index (Phi) is 7.58. The number of hydrogen-bond acceptors (Lipinski definition) is 6. The number of benzene rings is 3. The lowest BCUT2D eigenvalue weighted by Crippen LogP contribution is -2.50. The van der Waals surface area contributed by atoms with Crippen molar-refractivity contribution in [2.45, 2.75) is 43.9 Å². The molecule has 8 nitrogen and oxygen atoms in total. The molecule has 3 aromatic carbocycles. The Morgan fingerprint density at radius 2 is 1.74 bits per heavy atom. The minimum absolute atomic E-state index is 0.113. The van der Waals surface area contributed by atoms with Crippen molar-refractivity contribution >= 4 is 21.6 Å². The van der Waals surface area contributed by atoms with E-state index in [1.54, 1.807) is 24.3 Å². The van der Waals surface area contributed by atoms with Crippen molar-refractivity contribution in [2.24, 2.45) is 0 Å². The van der Waals surface area contributed by atoms with Gasteiger partial charge in [0.1, 0.15) is 11.5 Å². The largest absolute Gasteiger partial charge is 0.497 e. The first-order valence-electron chi connectivity index (χ1n) is 12.9. The first kappa shape index (κ1) is 26.1. The maximum absolute atomic E-state index is 13.7. The van der Waals surface area contributed by atoms with Gasteiger partial charge in [-0.1, -0.05) is 30.3 Å². The van der Waals surface area contributed by atoms with Gasteiger partial charge in [0.2, 0.25) is 0 Å². The second-order valence-electron chi connectivity index (χ2n) is 9.76. The summed E-state index contributed by atoms with van der Waals surface area (Å²) in [5.74, 6) is 0.565. The highest BCUT2D eigenvalue weighted by Crippen LogP contribution is 2.38. The minimum atomic E-state index is -3.95. The zero-order valence-electron chi connectivity index (χ0n) is 21.7. The Morgan fingerprint density at radius 3 is 2.45 bits per heavy atom. The van der Waals surface area contributed by atoms with Crippen molar-refractivity contribution in [1.29, 1.82) is 0 Å². The average Bonchev–Trinajstić information content (AvgIpc) is 3.44. The quantitative estimate of drug-likeness (QED) is 0.471. The van der Waals surface area contributed by atoms with E-state index in [-0.39, 0.29) is 17.3 Å². The molecule has 1 fully saturated rings. The summed E-state index contributed by atoms with van der Waals surface area (Å²) in [4.78, 5) is 15.9. The molecule has 2 aliphatic heterocycles. The van der Waals surface area contributed by atoms with Crippen LogP contribution in [0, 0.1) is 6.92 Å². The van der Waals surface area contributed by atoms with E-state index in [1.807, 2.05) is 31.2 Å². The maximum atomic E-state index is 13.7. The Hall–Kier alpha value is -3.56. The van der Waals surface area contributed by atoms with Gasteiger partial charge < -0.3 is 14.8 Å². The van der Waals surface area contributed by atoms with Crippen LogP contribution in [0.15, 0.2) is 71.6 Å². The lowest BCUT2D eigenvalue weighted by Gasteiger charge is -2.35. The summed E-state index contributed by atoms with van der Waals surface area (Å²) >= 11 is 0. The van der Waals surface area contributed by atoms with Crippen LogP contribution in [0.4, 0.5) is 5.69 Å². The summed E-state index contributed by atoms with van der Waals surface area (Å²) in [7, 11) is -2.43. The fraction of sp³-hybridized carbons (Fsp3) is 0.345. The fourth-order valence-corrected chi connectivity index (χ4v) is 6.44. The van der Waals surface area contributed by atoms with Crippen LogP contribution in [0.3, 0.4) is 0 Å². The van der Waals surface area contributed by atoms with E-state index in [9.17, 15) is 13.2 Å². The molecule has 38 heavy (non-hydrogen) atoms. The molecule has 0 aliphatic carbocycles.